The van der Waals surface area contributed by atoms with Gasteiger partial charge in [-0.3, -0.25) is 4.79 Å². The lowest BCUT2D eigenvalue weighted by Gasteiger charge is -2.19. The fourth-order valence-corrected chi connectivity index (χ4v) is 1.92. The van der Waals surface area contributed by atoms with Crippen molar-refractivity contribution in [2.24, 2.45) is 0 Å². The Hall–Kier alpha value is -1.62. The number of alkyl halides is 1. The molecule has 18 heavy (non-hydrogen) atoms. The molecule has 1 aliphatic heterocycles. The van der Waals surface area contributed by atoms with Crippen LogP contribution in [0.1, 0.15) is 29.8 Å². The molecule has 0 amide bonds. The standard InChI is InChI=1S/C13H16FNO3/c1-13(2,14)9-5-12-11(17-7-18-12)4-8(9)10(16)6-15-3/h4-5,15H,6-7H2,1-3H3. The SMILES string of the molecule is CNCC(=O)c1cc2c(cc1C(C)(C)F)OCO2. The van der Waals surface area contributed by atoms with Crippen LogP contribution in [0.2, 0.25) is 0 Å². The Balaban J connectivity index is 2.52. The number of Topliss-reactive ketones (excluding diaryl/α,β-unsaturated/α-hetero) is 1. The van der Waals surface area contributed by atoms with Crippen LogP contribution in [0.4, 0.5) is 4.39 Å². The number of hydrogen-bond acceptors (Lipinski definition) is 4. The van der Waals surface area contributed by atoms with Gasteiger partial charge in [-0.15, -0.1) is 0 Å². The van der Waals surface area contributed by atoms with E-state index in [1.165, 1.54) is 13.8 Å². The van der Waals surface area contributed by atoms with E-state index in [1.54, 1.807) is 19.2 Å². The van der Waals surface area contributed by atoms with Gasteiger partial charge in [0.15, 0.2) is 17.3 Å². The first-order chi connectivity index (χ1) is 8.43. The molecule has 5 heteroatoms. The first-order valence-electron chi connectivity index (χ1n) is 5.74. The van der Waals surface area contributed by atoms with Crippen LogP contribution in [0.3, 0.4) is 0 Å². The number of ether oxygens (including phenoxy) is 2. The van der Waals surface area contributed by atoms with Gasteiger partial charge in [-0.1, -0.05) is 0 Å². The van der Waals surface area contributed by atoms with Gasteiger partial charge < -0.3 is 14.8 Å². The van der Waals surface area contributed by atoms with Gasteiger partial charge in [-0.25, -0.2) is 4.39 Å². The summed E-state index contributed by atoms with van der Waals surface area (Å²) >= 11 is 0. The molecule has 0 radical (unpaired) electrons. The highest BCUT2D eigenvalue weighted by atomic mass is 19.1. The molecule has 0 bridgehead atoms. The van der Waals surface area contributed by atoms with Crippen LogP contribution in [0.25, 0.3) is 0 Å². The molecule has 0 fully saturated rings. The Morgan fingerprint density at radius 1 is 1.39 bits per heavy atom. The second-order valence-corrected chi connectivity index (χ2v) is 4.68. The van der Waals surface area contributed by atoms with E-state index in [0.29, 0.717) is 22.6 Å². The Bertz CT molecular complexity index is 480. The Labute approximate surface area is 105 Å². The summed E-state index contributed by atoms with van der Waals surface area (Å²) in [7, 11) is 1.67. The molecule has 0 aliphatic carbocycles. The fraction of sp³-hybridized carbons (Fsp3) is 0.462. The first kappa shape index (κ1) is 12.8. The molecule has 98 valence electrons. The maximum atomic E-state index is 14.2. The summed E-state index contributed by atoms with van der Waals surface area (Å²) in [5.41, 5.74) is -0.951. The molecule has 0 spiro atoms. The molecule has 1 heterocycles. The van der Waals surface area contributed by atoms with E-state index in [1.807, 2.05) is 0 Å². The van der Waals surface area contributed by atoms with E-state index in [2.05, 4.69) is 5.32 Å². The molecule has 1 aromatic rings. The van der Waals surface area contributed by atoms with E-state index in [9.17, 15) is 9.18 Å². The van der Waals surface area contributed by atoms with Crippen LogP contribution in [0.5, 0.6) is 11.5 Å². The minimum absolute atomic E-state index is 0.102. The number of likely N-dealkylation sites (N-methyl/N-ethyl adjacent to an activating group) is 1. The number of carbonyl (C=O) groups is 1. The van der Waals surface area contributed by atoms with Crippen LogP contribution in [-0.2, 0) is 5.67 Å². The third-order valence-electron chi connectivity index (χ3n) is 2.79. The number of rotatable bonds is 4. The van der Waals surface area contributed by atoms with Gasteiger partial charge >= 0.3 is 0 Å². The Kier molecular flexibility index (Phi) is 3.26. The number of benzene rings is 1. The highest BCUT2D eigenvalue weighted by molar-refractivity contribution is 6.00. The van der Waals surface area contributed by atoms with Crippen molar-refractivity contribution in [1.82, 2.24) is 5.32 Å². The molecule has 1 N–H and O–H groups in total. The van der Waals surface area contributed by atoms with E-state index in [-0.39, 0.29) is 19.1 Å². The number of halogens is 1. The molecule has 1 aromatic carbocycles. The Morgan fingerprint density at radius 3 is 2.56 bits per heavy atom. The molecule has 0 unspecified atom stereocenters. The van der Waals surface area contributed by atoms with E-state index in [4.69, 9.17) is 9.47 Å². The average Bonchev–Trinajstić information content (AvgIpc) is 2.73. The number of nitrogens with one attached hydrogen (secondary N) is 1. The fourth-order valence-electron chi connectivity index (χ4n) is 1.92. The van der Waals surface area contributed by atoms with Crippen LogP contribution in [0, 0.1) is 0 Å². The zero-order valence-electron chi connectivity index (χ0n) is 10.7. The summed E-state index contributed by atoms with van der Waals surface area (Å²) in [5.74, 6) is 0.802. The highest BCUT2D eigenvalue weighted by Crippen LogP contribution is 2.39. The molecule has 2 rings (SSSR count). The van der Waals surface area contributed by atoms with E-state index >= 15 is 0 Å². The lowest BCUT2D eigenvalue weighted by Crippen LogP contribution is -2.23. The first-order valence-corrected chi connectivity index (χ1v) is 5.74. The monoisotopic (exact) mass is 253 g/mol. The van der Waals surface area contributed by atoms with Crippen LogP contribution >= 0.6 is 0 Å². The van der Waals surface area contributed by atoms with Gasteiger partial charge in [0, 0.05) is 11.1 Å². The minimum Gasteiger partial charge on any atom is -0.454 e. The van der Waals surface area contributed by atoms with Crippen molar-refractivity contribution < 1.29 is 18.7 Å². The number of hydrogen-bond donors (Lipinski definition) is 1. The van der Waals surface area contributed by atoms with Crippen molar-refractivity contribution in [3.8, 4) is 11.5 Å². The summed E-state index contributed by atoms with van der Waals surface area (Å²) in [5, 5.41) is 2.77. The van der Waals surface area contributed by atoms with Crippen LogP contribution in [-0.4, -0.2) is 26.2 Å². The van der Waals surface area contributed by atoms with Gasteiger partial charge in [0.1, 0.15) is 5.67 Å². The predicted molar refractivity (Wildman–Crippen MR) is 65.0 cm³/mol. The van der Waals surface area contributed by atoms with Crippen molar-refractivity contribution >= 4 is 5.78 Å². The van der Waals surface area contributed by atoms with E-state index in [0.717, 1.165) is 0 Å². The lowest BCUT2D eigenvalue weighted by atomic mass is 9.91. The van der Waals surface area contributed by atoms with Crippen molar-refractivity contribution in [2.45, 2.75) is 19.5 Å². The normalized spacial score (nSPS) is 13.8. The Morgan fingerprint density at radius 2 is 2.00 bits per heavy atom. The molecule has 1 aliphatic rings. The second-order valence-electron chi connectivity index (χ2n) is 4.68. The van der Waals surface area contributed by atoms with Gasteiger partial charge in [-0.2, -0.15) is 0 Å². The molecule has 4 nitrogen and oxygen atoms in total. The van der Waals surface area contributed by atoms with Gasteiger partial charge in [0.2, 0.25) is 6.79 Å². The number of ketones is 1. The summed E-state index contributed by atoms with van der Waals surface area (Å²) in [6.45, 7) is 3.09. The molecule has 0 atom stereocenters. The third-order valence-corrected chi connectivity index (χ3v) is 2.79. The van der Waals surface area contributed by atoms with Gasteiger partial charge in [0.25, 0.3) is 0 Å². The maximum absolute atomic E-state index is 14.2. The molecular weight excluding hydrogens is 237 g/mol. The van der Waals surface area contributed by atoms with Crippen LogP contribution in [0.15, 0.2) is 12.1 Å². The number of fused-ring (bicyclic) bond motifs is 1. The molecule has 0 saturated carbocycles. The predicted octanol–water partition coefficient (Wildman–Crippen LogP) is 2.02. The van der Waals surface area contributed by atoms with Crippen molar-refractivity contribution in [3.05, 3.63) is 23.3 Å². The molecule has 0 saturated heterocycles. The van der Waals surface area contributed by atoms with Gasteiger partial charge in [0.05, 0.1) is 6.54 Å². The average molecular weight is 253 g/mol. The van der Waals surface area contributed by atoms with Crippen LogP contribution < -0.4 is 14.8 Å². The highest BCUT2D eigenvalue weighted by Gasteiger charge is 2.29. The van der Waals surface area contributed by atoms with Crippen molar-refractivity contribution in [2.75, 3.05) is 20.4 Å². The second kappa shape index (κ2) is 4.57. The zero-order valence-corrected chi connectivity index (χ0v) is 10.7. The summed E-state index contributed by atoms with van der Waals surface area (Å²) < 4.78 is 24.6. The van der Waals surface area contributed by atoms with Gasteiger partial charge in [-0.05, 0) is 33.0 Å². The summed E-state index contributed by atoms with van der Waals surface area (Å²) in [4.78, 5) is 12.0. The van der Waals surface area contributed by atoms with Crippen molar-refractivity contribution in [3.63, 3.8) is 0 Å². The van der Waals surface area contributed by atoms with E-state index < -0.39 is 5.67 Å². The smallest absolute Gasteiger partial charge is 0.231 e. The molecular formula is C13H16FNO3. The van der Waals surface area contributed by atoms with Crippen molar-refractivity contribution in [1.29, 1.82) is 0 Å². The zero-order chi connectivity index (χ0) is 13.3. The minimum atomic E-state index is -1.61. The maximum Gasteiger partial charge on any atom is 0.231 e. The quantitative estimate of drug-likeness (QED) is 0.834. The topological polar surface area (TPSA) is 47.6 Å². The summed E-state index contributed by atoms with van der Waals surface area (Å²) in [6, 6.07) is 3.10. The number of carbonyl (C=O) groups excluding carboxylic acids is 1. The lowest BCUT2D eigenvalue weighted by molar-refractivity contribution is 0.0986. The molecule has 0 aromatic heterocycles. The largest absolute Gasteiger partial charge is 0.454 e. The summed E-state index contributed by atoms with van der Waals surface area (Å²) in [6.07, 6.45) is 0. The third kappa shape index (κ3) is 2.31.